The van der Waals surface area contributed by atoms with Gasteiger partial charge in [-0.25, -0.2) is 0 Å². The molecule has 1 fully saturated rings. The first kappa shape index (κ1) is 11.5. The predicted molar refractivity (Wildman–Crippen MR) is 71.4 cm³/mol. The van der Waals surface area contributed by atoms with Gasteiger partial charge in [-0.15, -0.1) is 0 Å². The van der Waals surface area contributed by atoms with E-state index in [0.717, 1.165) is 0 Å². The summed E-state index contributed by atoms with van der Waals surface area (Å²) in [5, 5.41) is 3.69. The fourth-order valence-electron chi connectivity index (χ4n) is 1.94. The Labute approximate surface area is 104 Å². The van der Waals surface area contributed by atoms with Gasteiger partial charge >= 0.3 is 0 Å². The molecule has 1 aromatic carbocycles. The quantitative estimate of drug-likeness (QED) is 0.911. The molecule has 0 amide bonds. The van der Waals surface area contributed by atoms with E-state index >= 15 is 0 Å². The Bertz CT molecular complexity index is 323. The number of hydrogen-bond donors (Lipinski definition) is 1. The SMILES string of the molecule is C[C@@H](NC1CCSC1)c1ccccc1Br. The van der Waals surface area contributed by atoms with Gasteiger partial charge in [-0.2, -0.15) is 11.8 Å². The van der Waals surface area contributed by atoms with Crippen molar-refractivity contribution in [1.29, 1.82) is 0 Å². The summed E-state index contributed by atoms with van der Waals surface area (Å²) in [6.45, 7) is 2.24. The van der Waals surface area contributed by atoms with Crippen LogP contribution in [0.2, 0.25) is 0 Å². The molecule has 1 saturated heterocycles. The largest absolute Gasteiger partial charge is 0.307 e. The van der Waals surface area contributed by atoms with Crippen LogP contribution in [0.4, 0.5) is 0 Å². The minimum absolute atomic E-state index is 0.435. The van der Waals surface area contributed by atoms with Crippen molar-refractivity contribution in [3.8, 4) is 0 Å². The van der Waals surface area contributed by atoms with Crippen molar-refractivity contribution in [1.82, 2.24) is 5.32 Å². The van der Waals surface area contributed by atoms with Gasteiger partial charge in [-0.05, 0) is 30.7 Å². The van der Waals surface area contributed by atoms with Gasteiger partial charge < -0.3 is 5.32 Å². The lowest BCUT2D eigenvalue weighted by Crippen LogP contribution is -2.31. The first-order valence-electron chi connectivity index (χ1n) is 5.35. The molecule has 0 bridgehead atoms. The van der Waals surface area contributed by atoms with Gasteiger partial charge in [0.1, 0.15) is 0 Å². The molecule has 2 atom stereocenters. The van der Waals surface area contributed by atoms with Crippen molar-refractivity contribution in [2.75, 3.05) is 11.5 Å². The van der Waals surface area contributed by atoms with Gasteiger partial charge in [0.25, 0.3) is 0 Å². The molecule has 15 heavy (non-hydrogen) atoms. The van der Waals surface area contributed by atoms with Crippen molar-refractivity contribution in [3.05, 3.63) is 34.3 Å². The highest BCUT2D eigenvalue weighted by Gasteiger charge is 2.18. The van der Waals surface area contributed by atoms with E-state index in [1.54, 1.807) is 0 Å². The molecular weight excluding hydrogens is 270 g/mol. The molecule has 0 saturated carbocycles. The lowest BCUT2D eigenvalue weighted by atomic mass is 10.1. The van der Waals surface area contributed by atoms with E-state index in [4.69, 9.17) is 0 Å². The maximum Gasteiger partial charge on any atom is 0.0305 e. The summed E-state index contributed by atoms with van der Waals surface area (Å²) < 4.78 is 1.20. The van der Waals surface area contributed by atoms with E-state index in [1.807, 2.05) is 11.8 Å². The van der Waals surface area contributed by atoms with Crippen LogP contribution in [-0.4, -0.2) is 17.5 Å². The van der Waals surface area contributed by atoms with Crippen molar-refractivity contribution < 1.29 is 0 Å². The van der Waals surface area contributed by atoms with E-state index in [9.17, 15) is 0 Å². The molecule has 0 aliphatic carbocycles. The maximum atomic E-state index is 3.69. The van der Waals surface area contributed by atoms with Crippen LogP contribution < -0.4 is 5.32 Å². The lowest BCUT2D eigenvalue weighted by molar-refractivity contribution is 0.485. The summed E-state index contributed by atoms with van der Waals surface area (Å²) >= 11 is 5.65. The first-order valence-corrected chi connectivity index (χ1v) is 7.30. The molecule has 1 nitrogen and oxygen atoms in total. The Balaban J connectivity index is 2.00. The Morgan fingerprint density at radius 3 is 2.93 bits per heavy atom. The Hall–Kier alpha value is 0.01000. The molecule has 1 aliphatic heterocycles. The van der Waals surface area contributed by atoms with Gasteiger partial charge in [0, 0.05) is 22.3 Å². The number of benzene rings is 1. The molecule has 0 aromatic heterocycles. The average molecular weight is 286 g/mol. The van der Waals surface area contributed by atoms with Gasteiger partial charge in [0.2, 0.25) is 0 Å². The first-order chi connectivity index (χ1) is 7.27. The van der Waals surface area contributed by atoms with Crippen LogP contribution in [0.1, 0.15) is 24.9 Å². The van der Waals surface area contributed by atoms with Crippen LogP contribution in [0.25, 0.3) is 0 Å². The minimum atomic E-state index is 0.435. The molecule has 0 spiro atoms. The number of rotatable bonds is 3. The second kappa shape index (κ2) is 5.37. The van der Waals surface area contributed by atoms with E-state index in [0.29, 0.717) is 12.1 Å². The van der Waals surface area contributed by atoms with E-state index in [-0.39, 0.29) is 0 Å². The molecule has 2 rings (SSSR count). The van der Waals surface area contributed by atoms with Crippen LogP contribution in [-0.2, 0) is 0 Å². The van der Waals surface area contributed by atoms with Crippen LogP contribution >= 0.6 is 27.7 Å². The third-order valence-electron chi connectivity index (χ3n) is 2.79. The van der Waals surface area contributed by atoms with Crippen LogP contribution in [0, 0.1) is 0 Å². The van der Waals surface area contributed by atoms with Gasteiger partial charge in [-0.1, -0.05) is 34.1 Å². The van der Waals surface area contributed by atoms with Gasteiger partial charge in [-0.3, -0.25) is 0 Å². The number of hydrogen-bond acceptors (Lipinski definition) is 2. The zero-order valence-electron chi connectivity index (χ0n) is 8.87. The standard InChI is InChI=1S/C12H16BrNS/c1-9(14-10-6-7-15-8-10)11-4-2-3-5-12(11)13/h2-5,9-10,14H,6-8H2,1H3/t9-,10?/m1/s1. The fourth-order valence-corrected chi connectivity index (χ4v) is 3.73. The smallest absolute Gasteiger partial charge is 0.0305 e. The normalized spacial score (nSPS) is 22.9. The second-order valence-corrected chi connectivity index (χ2v) is 5.97. The van der Waals surface area contributed by atoms with Gasteiger partial charge in [0.05, 0.1) is 0 Å². The summed E-state index contributed by atoms with van der Waals surface area (Å²) in [6.07, 6.45) is 1.31. The molecule has 82 valence electrons. The molecule has 1 aromatic rings. The van der Waals surface area contributed by atoms with Crippen molar-refractivity contribution >= 4 is 27.7 Å². The van der Waals surface area contributed by atoms with Crippen LogP contribution in [0.3, 0.4) is 0 Å². The third kappa shape index (κ3) is 2.99. The zero-order valence-corrected chi connectivity index (χ0v) is 11.3. The van der Waals surface area contributed by atoms with Crippen molar-refractivity contribution in [3.63, 3.8) is 0 Å². The molecule has 1 N–H and O–H groups in total. The third-order valence-corrected chi connectivity index (χ3v) is 4.67. The lowest BCUT2D eigenvalue weighted by Gasteiger charge is -2.20. The monoisotopic (exact) mass is 285 g/mol. The molecule has 1 unspecified atom stereocenters. The van der Waals surface area contributed by atoms with E-state index in [2.05, 4.69) is 52.4 Å². The molecule has 1 heterocycles. The summed E-state index contributed by atoms with van der Waals surface area (Å²) in [4.78, 5) is 0. The van der Waals surface area contributed by atoms with Crippen LogP contribution in [0.5, 0.6) is 0 Å². The number of halogens is 1. The average Bonchev–Trinajstić information content (AvgIpc) is 2.71. The number of thioether (sulfide) groups is 1. The summed E-state index contributed by atoms with van der Waals surface area (Å²) in [7, 11) is 0. The Morgan fingerprint density at radius 1 is 1.47 bits per heavy atom. The molecule has 1 aliphatic rings. The number of nitrogens with one attached hydrogen (secondary N) is 1. The Kier molecular flexibility index (Phi) is 4.12. The van der Waals surface area contributed by atoms with E-state index in [1.165, 1.54) is 28.0 Å². The van der Waals surface area contributed by atoms with E-state index < -0.39 is 0 Å². The highest BCUT2D eigenvalue weighted by molar-refractivity contribution is 9.10. The topological polar surface area (TPSA) is 12.0 Å². The van der Waals surface area contributed by atoms with Crippen LogP contribution in [0.15, 0.2) is 28.7 Å². The van der Waals surface area contributed by atoms with Crippen molar-refractivity contribution in [2.45, 2.75) is 25.4 Å². The summed E-state index contributed by atoms with van der Waals surface area (Å²) in [5.41, 5.74) is 1.36. The zero-order chi connectivity index (χ0) is 10.7. The highest BCUT2D eigenvalue weighted by Crippen LogP contribution is 2.25. The maximum absolute atomic E-state index is 3.69. The minimum Gasteiger partial charge on any atom is -0.307 e. The van der Waals surface area contributed by atoms with Crippen molar-refractivity contribution in [2.24, 2.45) is 0 Å². The Morgan fingerprint density at radius 2 is 2.27 bits per heavy atom. The molecule has 0 radical (unpaired) electrons. The highest BCUT2D eigenvalue weighted by atomic mass is 79.9. The fraction of sp³-hybridized carbons (Fsp3) is 0.500. The molecule has 3 heteroatoms. The summed E-state index contributed by atoms with van der Waals surface area (Å²) in [6, 6.07) is 9.58. The summed E-state index contributed by atoms with van der Waals surface area (Å²) in [5.74, 6) is 2.56. The predicted octanol–water partition coefficient (Wildman–Crippen LogP) is 3.61. The second-order valence-electron chi connectivity index (χ2n) is 3.97. The van der Waals surface area contributed by atoms with Gasteiger partial charge in [0.15, 0.2) is 0 Å². The molecular formula is C12H16BrNS.